The van der Waals surface area contributed by atoms with Gasteiger partial charge in [0.1, 0.15) is 5.92 Å². The monoisotopic (exact) mass is 342 g/mol. The zero-order chi connectivity index (χ0) is 16.8. The Kier molecular flexibility index (Phi) is 3.55. The van der Waals surface area contributed by atoms with Gasteiger partial charge in [-0.2, -0.15) is 0 Å². The number of rotatable bonds is 2. The number of benzene rings is 2. The van der Waals surface area contributed by atoms with Crippen LogP contribution in [-0.2, 0) is 14.4 Å². The van der Waals surface area contributed by atoms with Crippen molar-refractivity contribution < 1.29 is 14.4 Å². The largest absolute Gasteiger partial charge is 0.294 e. The van der Waals surface area contributed by atoms with Crippen LogP contribution in [0.1, 0.15) is 17.2 Å². The van der Waals surface area contributed by atoms with E-state index >= 15 is 0 Å². The smallest absolute Gasteiger partial charge is 0.259 e. The Hall–Kier alpha value is -2.37. The number of aryl methyl sites for hydroxylation is 1. The van der Waals surface area contributed by atoms with Crippen molar-refractivity contribution in [2.24, 2.45) is 5.92 Å². The van der Waals surface area contributed by atoms with Gasteiger partial charge in [-0.3, -0.25) is 19.7 Å². The number of carbonyl (C=O) groups is 2. The lowest BCUT2D eigenvalue weighted by molar-refractivity contribution is -0.129. The van der Waals surface area contributed by atoms with Gasteiger partial charge in [-0.1, -0.05) is 41.4 Å². The third kappa shape index (κ3) is 2.37. The molecule has 2 saturated heterocycles. The van der Waals surface area contributed by atoms with E-state index in [4.69, 9.17) is 16.4 Å². The van der Waals surface area contributed by atoms with Gasteiger partial charge in [-0.25, -0.2) is 5.06 Å². The molecule has 0 unspecified atom stereocenters. The number of nitrogens with zero attached hydrogens (tertiary/aromatic N) is 1. The number of hydrogen-bond donors (Lipinski definition) is 1. The van der Waals surface area contributed by atoms with E-state index < -0.39 is 17.9 Å². The number of hydrogen-bond acceptors (Lipinski definition) is 4. The fourth-order valence-electron chi connectivity index (χ4n) is 3.25. The van der Waals surface area contributed by atoms with Gasteiger partial charge in [0.25, 0.3) is 5.91 Å². The highest BCUT2D eigenvalue weighted by molar-refractivity contribution is 6.30. The molecule has 24 heavy (non-hydrogen) atoms. The first kappa shape index (κ1) is 15.2. The number of anilines is 1. The number of fused-ring (bicyclic) bond motifs is 1. The summed E-state index contributed by atoms with van der Waals surface area (Å²) in [6.45, 7) is 2.00. The van der Waals surface area contributed by atoms with E-state index in [-0.39, 0.29) is 11.9 Å². The van der Waals surface area contributed by atoms with E-state index in [1.54, 1.807) is 17.2 Å². The SMILES string of the molecule is Cc1ccc([C@@H]2[C@@H]3C(=O)NC(=O)[C@@H]3ON2c2ccc(Cl)cc2)cc1. The van der Waals surface area contributed by atoms with Gasteiger partial charge in [-0.05, 0) is 36.8 Å². The first-order chi connectivity index (χ1) is 11.5. The van der Waals surface area contributed by atoms with Gasteiger partial charge in [0.2, 0.25) is 5.91 Å². The molecule has 2 amide bonds. The van der Waals surface area contributed by atoms with Crippen molar-refractivity contribution in [2.75, 3.05) is 5.06 Å². The normalized spacial score (nSPS) is 25.8. The Morgan fingerprint density at radius 3 is 2.33 bits per heavy atom. The highest BCUT2D eigenvalue weighted by Crippen LogP contribution is 2.44. The molecule has 0 saturated carbocycles. The lowest BCUT2D eigenvalue weighted by Crippen LogP contribution is -2.33. The van der Waals surface area contributed by atoms with Gasteiger partial charge in [-0.15, -0.1) is 0 Å². The van der Waals surface area contributed by atoms with Crippen LogP contribution in [0.2, 0.25) is 5.02 Å². The van der Waals surface area contributed by atoms with Crippen molar-refractivity contribution in [2.45, 2.75) is 19.1 Å². The lowest BCUT2D eigenvalue weighted by atomic mass is 9.90. The minimum absolute atomic E-state index is 0.299. The van der Waals surface area contributed by atoms with E-state index in [9.17, 15) is 9.59 Å². The Bertz CT molecular complexity index is 804. The van der Waals surface area contributed by atoms with Crippen LogP contribution >= 0.6 is 11.6 Å². The first-order valence-corrected chi connectivity index (χ1v) is 8.05. The predicted octanol–water partition coefficient (Wildman–Crippen LogP) is 2.78. The maximum Gasteiger partial charge on any atom is 0.259 e. The van der Waals surface area contributed by atoms with Crippen molar-refractivity contribution in [3.63, 3.8) is 0 Å². The second kappa shape index (κ2) is 5.61. The number of nitrogens with one attached hydrogen (secondary N) is 1. The molecule has 2 aromatic carbocycles. The Labute approximate surface area is 144 Å². The summed E-state index contributed by atoms with van der Waals surface area (Å²) in [6, 6.07) is 14.7. The van der Waals surface area contributed by atoms with Crippen LogP contribution in [0.5, 0.6) is 0 Å². The summed E-state index contributed by atoms with van der Waals surface area (Å²) in [5.74, 6) is -1.26. The molecule has 2 aliphatic heterocycles. The van der Waals surface area contributed by atoms with Gasteiger partial charge in [0, 0.05) is 5.02 Å². The molecule has 5 nitrogen and oxygen atoms in total. The van der Waals surface area contributed by atoms with Crippen molar-refractivity contribution >= 4 is 29.1 Å². The molecule has 0 aliphatic carbocycles. The third-order valence-electron chi connectivity index (χ3n) is 4.45. The van der Waals surface area contributed by atoms with E-state index in [2.05, 4.69) is 5.32 Å². The Morgan fingerprint density at radius 2 is 1.67 bits per heavy atom. The summed E-state index contributed by atoms with van der Waals surface area (Å²) in [6.07, 6.45) is -0.806. The number of imide groups is 1. The molecule has 2 fully saturated rings. The second-order valence-electron chi connectivity index (χ2n) is 6.06. The van der Waals surface area contributed by atoms with Crippen molar-refractivity contribution in [1.82, 2.24) is 5.32 Å². The third-order valence-corrected chi connectivity index (χ3v) is 4.71. The number of hydroxylamine groups is 1. The fourth-order valence-corrected chi connectivity index (χ4v) is 3.37. The molecule has 0 spiro atoms. The summed E-state index contributed by atoms with van der Waals surface area (Å²) in [7, 11) is 0. The van der Waals surface area contributed by atoms with Gasteiger partial charge < -0.3 is 0 Å². The summed E-state index contributed by atoms with van der Waals surface area (Å²) >= 11 is 5.95. The van der Waals surface area contributed by atoms with Gasteiger partial charge in [0.05, 0.1) is 11.7 Å². The van der Waals surface area contributed by atoms with Crippen LogP contribution in [0, 0.1) is 12.8 Å². The Morgan fingerprint density at radius 1 is 1.00 bits per heavy atom. The van der Waals surface area contributed by atoms with Gasteiger partial charge >= 0.3 is 0 Å². The maximum absolute atomic E-state index is 12.3. The maximum atomic E-state index is 12.3. The molecule has 3 atom stereocenters. The molecule has 0 bridgehead atoms. The molecule has 2 aromatic rings. The fraction of sp³-hybridized carbons (Fsp3) is 0.222. The zero-order valence-electron chi connectivity index (χ0n) is 12.9. The van der Waals surface area contributed by atoms with Crippen LogP contribution in [0.25, 0.3) is 0 Å². The molecule has 2 aliphatic rings. The molecule has 122 valence electrons. The molecule has 0 radical (unpaired) electrons. The topological polar surface area (TPSA) is 58.6 Å². The van der Waals surface area contributed by atoms with E-state index in [1.807, 2.05) is 43.3 Å². The van der Waals surface area contributed by atoms with Gasteiger partial charge in [0.15, 0.2) is 6.10 Å². The summed E-state index contributed by atoms with van der Waals surface area (Å²) in [5, 5.41) is 4.62. The average Bonchev–Trinajstić information content (AvgIpc) is 3.08. The standard InChI is InChI=1S/C18H15ClN2O3/c1-10-2-4-11(5-3-10)15-14-16(18(23)20-17(14)22)24-21(15)13-8-6-12(19)7-9-13/h2-9,14-16H,1H3,(H,20,22,23)/t14-,15+,16+/m0/s1. The highest BCUT2D eigenvalue weighted by atomic mass is 35.5. The Balaban J connectivity index is 1.79. The van der Waals surface area contributed by atoms with Crippen molar-refractivity contribution in [3.8, 4) is 0 Å². The molecule has 0 aromatic heterocycles. The average molecular weight is 343 g/mol. The minimum atomic E-state index is -0.806. The molecule has 2 heterocycles. The number of carbonyl (C=O) groups excluding carboxylic acids is 2. The summed E-state index contributed by atoms with van der Waals surface area (Å²) in [4.78, 5) is 30.2. The predicted molar refractivity (Wildman–Crippen MR) is 89.4 cm³/mol. The summed E-state index contributed by atoms with van der Waals surface area (Å²) in [5.41, 5.74) is 2.80. The van der Waals surface area contributed by atoms with Crippen LogP contribution in [0.15, 0.2) is 48.5 Å². The van der Waals surface area contributed by atoms with E-state index in [0.717, 1.165) is 16.8 Å². The van der Waals surface area contributed by atoms with Crippen molar-refractivity contribution in [3.05, 3.63) is 64.7 Å². The zero-order valence-corrected chi connectivity index (χ0v) is 13.7. The number of halogens is 1. The lowest BCUT2D eigenvalue weighted by Gasteiger charge is -2.27. The van der Waals surface area contributed by atoms with Crippen LogP contribution in [-0.4, -0.2) is 17.9 Å². The first-order valence-electron chi connectivity index (χ1n) is 7.67. The van der Waals surface area contributed by atoms with Crippen LogP contribution in [0.4, 0.5) is 5.69 Å². The minimum Gasteiger partial charge on any atom is -0.294 e. The molecule has 4 rings (SSSR count). The quantitative estimate of drug-likeness (QED) is 0.853. The molecule has 6 heteroatoms. The molecular formula is C18H15ClN2O3. The van der Waals surface area contributed by atoms with Crippen LogP contribution in [0.3, 0.4) is 0 Å². The highest BCUT2D eigenvalue weighted by Gasteiger charge is 2.56. The summed E-state index contributed by atoms with van der Waals surface area (Å²) < 4.78 is 0. The van der Waals surface area contributed by atoms with Crippen LogP contribution < -0.4 is 10.4 Å². The second-order valence-corrected chi connectivity index (χ2v) is 6.50. The molecular weight excluding hydrogens is 328 g/mol. The number of amides is 2. The molecule has 1 N–H and O–H groups in total. The van der Waals surface area contributed by atoms with E-state index in [0.29, 0.717) is 5.02 Å². The van der Waals surface area contributed by atoms with E-state index in [1.165, 1.54) is 0 Å². The van der Waals surface area contributed by atoms with Crippen molar-refractivity contribution in [1.29, 1.82) is 0 Å².